The fourth-order valence-corrected chi connectivity index (χ4v) is 2.76. The Labute approximate surface area is 110 Å². The van der Waals surface area contributed by atoms with Gasteiger partial charge in [0.15, 0.2) is 5.78 Å². The van der Waals surface area contributed by atoms with Crippen molar-refractivity contribution in [3.63, 3.8) is 0 Å². The number of aliphatic hydroxyl groups is 2. The fraction of sp³-hybridized carbons (Fsp3) is 0.357. The Morgan fingerprint density at radius 2 is 2.39 bits per heavy atom. The lowest BCUT2D eigenvalue weighted by Crippen LogP contribution is -2.13. The monoisotopic (exact) mass is 264 g/mol. The normalized spacial score (nSPS) is 26.1. The van der Waals surface area contributed by atoms with Crippen molar-refractivity contribution in [2.75, 3.05) is 0 Å². The van der Waals surface area contributed by atoms with E-state index in [9.17, 15) is 15.0 Å². The first-order valence-corrected chi connectivity index (χ1v) is 6.79. The number of Topliss-reactive ketones (excluding diaryl/α,β-unsaturated/α-hetero) is 1. The first-order valence-electron chi connectivity index (χ1n) is 5.85. The molecule has 0 saturated heterocycles. The first kappa shape index (κ1) is 13.2. The molecule has 1 saturated carbocycles. The summed E-state index contributed by atoms with van der Waals surface area (Å²) in [7, 11) is 0. The minimum absolute atomic E-state index is 0.0931. The summed E-state index contributed by atoms with van der Waals surface area (Å²) in [5, 5.41) is 23.5. The summed E-state index contributed by atoms with van der Waals surface area (Å²) in [6.07, 6.45) is 2.70. The smallest absolute Gasteiger partial charge is 0.161 e. The largest absolute Gasteiger partial charge is 0.392 e. The topological polar surface area (TPSA) is 57.5 Å². The van der Waals surface area contributed by atoms with E-state index in [0.29, 0.717) is 12.0 Å². The summed E-state index contributed by atoms with van der Waals surface area (Å²) in [6, 6.07) is 1.97. The molecule has 2 N–H and O–H groups in total. The Morgan fingerprint density at radius 1 is 1.61 bits per heavy atom. The third-order valence-corrected chi connectivity index (χ3v) is 3.87. The summed E-state index contributed by atoms with van der Waals surface area (Å²) in [4.78, 5) is 11.3. The van der Waals surface area contributed by atoms with Gasteiger partial charge in [0.1, 0.15) is 0 Å². The molecule has 0 radical (unpaired) electrons. The van der Waals surface area contributed by atoms with Gasteiger partial charge in [0.2, 0.25) is 0 Å². The zero-order valence-corrected chi connectivity index (χ0v) is 10.8. The molecule has 1 aromatic heterocycles. The molecule has 0 amide bonds. The molecule has 0 unspecified atom stereocenters. The van der Waals surface area contributed by atoms with Crippen molar-refractivity contribution in [3.05, 3.63) is 46.7 Å². The number of thiophene rings is 1. The minimum atomic E-state index is -0.699. The number of hydrogen-bond donors (Lipinski definition) is 2. The average molecular weight is 264 g/mol. The van der Waals surface area contributed by atoms with E-state index in [4.69, 9.17) is 0 Å². The van der Waals surface area contributed by atoms with E-state index in [-0.39, 0.29) is 18.1 Å². The van der Waals surface area contributed by atoms with Crippen LogP contribution in [0.5, 0.6) is 0 Å². The van der Waals surface area contributed by atoms with Crippen molar-refractivity contribution >= 4 is 17.1 Å². The van der Waals surface area contributed by atoms with Gasteiger partial charge in [-0.25, -0.2) is 0 Å². The SMILES string of the molecule is C=C1C(=O)C[C@@H](O)[C@@H]1C=C[C@@H](O)Cc1ccsc1. The number of rotatable bonds is 4. The Bertz CT molecular complexity index is 461. The van der Waals surface area contributed by atoms with Crippen LogP contribution >= 0.6 is 11.3 Å². The van der Waals surface area contributed by atoms with Gasteiger partial charge in [-0.2, -0.15) is 11.3 Å². The molecule has 18 heavy (non-hydrogen) atoms. The van der Waals surface area contributed by atoms with Gasteiger partial charge >= 0.3 is 0 Å². The molecule has 3 atom stereocenters. The molecule has 2 rings (SSSR count). The van der Waals surface area contributed by atoms with E-state index in [2.05, 4.69) is 6.58 Å². The number of ketones is 1. The van der Waals surface area contributed by atoms with Gasteiger partial charge in [0.25, 0.3) is 0 Å². The van der Waals surface area contributed by atoms with Crippen molar-refractivity contribution in [1.29, 1.82) is 0 Å². The fourth-order valence-electron chi connectivity index (χ4n) is 2.08. The van der Waals surface area contributed by atoms with Crippen molar-refractivity contribution in [2.45, 2.75) is 25.0 Å². The molecule has 4 heteroatoms. The lowest BCUT2D eigenvalue weighted by molar-refractivity contribution is -0.115. The third kappa shape index (κ3) is 2.96. The summed E-state index contributed by atoms with van der Waals surface area (Å²) in [5.41, 5.74) is 1.51. The van der Waals surface area contributed by atoms with Gasteiger partial charge in [0, 0.05) is 18.8 Å². The molecule has 0 aromatic carbocycles. The Morgan fingerprint density at radius 3 is 2.94 bits per heavy atom. The van der Waals surface area contributed by atoms with E-state index >= 15 is 0 Å². The van der Waals surface area contributed by atoms with Crippen LogP contribution in [0.3, 0.4) is 0 Å². The highest BCUT2D eigenvalue weighted by atomic mass is 32.1. The molecule has 3 nitrogen and oxygen atoms in total. The molecule has 0 bridgehead atoms. The molecule has 0 aliphatic heterocycles. The zero-order chi connectivity index (χ0) is 13.1. The Balaban J connectivity index is 1.94. The maximum absolute atomic E-state index is 11.3. The van der Waals surface area contributed by atoms with Crippen LogP contribution in [-0.4, -0.2) is 28.2 Å². The summed E-state index contributed by atoms with van der Waals surface area (Å²) >= 11 is 1.59. The Hall–Kier alpha value is -1.23. The second-order valence-electron chi connectivity index (χ2n) is 4.53. The number of aliphatic hydroxyl groups excluding tert-OH is 2. The first-order chi connectivity index (χ1) is 8.58. The molecular formula is C14H16O3S. The van der Waals surface area contributed by atoms with Crippen LogP contribution in [0.4, 0.5) is 0 Å². The van der Waals surface area contributed by atoms with Crippen molar-refractivity contribution in [1.82, 2.24) is 0 Å². The van der Waals surface area contributed by atoms with E-state index in [1.807, 2.05) is 16.8 Å². The van der Waals surface area contributed by atoms with Gasteiger partial charge in [0.05, 0.1) is 12.2 Å². The molecule has 1 aromatic rings. The number of carbonyl (C=O) groups is 1. The summed E-state index contributed by atoms with van der Waals surface area (Å²) < 4.78 is 0. The van der Waals surface area contributed by atoms with Gasteiger partial charge in [-0.1, -0.05) is 18.7 Å². The predicted octanol–water partition coefficient (Wildman–Crippen LogP) is 1.71. The summed E-state index contributed by atoms with van der Waals surface area (Å²) in [6.45, 7) is 3.68. The predicted molar refractivity (Wildman–Crippen MR) is 71.4 cm³/mol. The van der Waals surface area contributed by atoms with E-state index in [1.165, 1.54) is 0 Å². The average Bonchev–Trinajstić information content (AvgIpc) is 2.88. The van der Waals surface area contributed by atoms with E-state index in [1.54, 1.807) is 23.5 Å². The molecule has 1 fully saturated rings. The molecule has 1 aliphatic carbocycles. The number of hydrogen-bond acceptors (Lipinski definition) is 4. The molecule has 0 spiro atoms. The molecular weight excluding hydrogens is 248 g/mol. The summed E-state index contributed by atoms with van der Waals surface area (Å²) in [5.74, 6) is -0.445. The van der Waals surface area contributed by atoms with E-state index in [0.717, 1.165) is 5.56 Å². The third-order valence-electron chi connectivity index (χ3n) is 3.14. The van der Waals surface area contributed by atoms with Gasteiger partial charge < -0.3 is 10.2 Å². The van der Waals surface area contributed by atoms with Crippen LogP contribution in [0.25, 0.3) is 0 Å². The molecule has 1 heterocycles. The van der Waals surface area contributed by atoms with Crippen LogP contribution in [0.1, 0.15) is 12.0 Å². The Kier molecular flexibility index (Phi) is 4.11. The maximum atomic E-state index is 11.3. The minimum Gasteiger partial charge on any atom is -0.392 e. The lowest BCUT2D eigenvalue weighted by Gasteiger charge is -2.10. The van der Waals surface area contributed by atoms with Crippen LogP contribution in [0.15, 0.2) is 41.1 Å². The quantitative estimate of drug-likeness (QED) is 0.643. The second kappa shape index (κ2) is 5.61. The van der Waals surface area contributed by atoms with Crippen LogP contribution in [-0.2, 0) is 11.2 Å². The number of carbonyl (C=O) groups excluding carboxylic acids is 1. The van der Waals surface area contributed by atoms with Gasteiger partial charge in [-0.05, 0) is 28.0 Å². The highest BCUT2D eigenvalue weighted by Crippen LogP contribution is 2.28. The standard InChI is InChI=1S/C14H16O3S/c1-9-12(14(17)7-13(9)16)3-2-11(15)6-10-4-5-18-8-10/h2-5,8,11-12,14-15,17H,1,6-7H2/t11-,12-,14-/m1/s1. The molecule has 1 aliphatic rings. The van der Waals surface area contributed by atoms with Crippen molar-refractivity contribution in [2.24, 2.45) is 5.92 Å². The molecule has 96 valence electrons. The lowest BCUT2D eigenvalue weighted by atomic mass is 10.00. The zero-order valence-electron chi connectivity index (χ0n) is 9.95. The van der Waals surface area contributed by atoms with Crippen LogP contribution < -0.4 is 0 Å². The maximum Gasteiger partial charge on any atom is 0.161 e. The highest BCUT2D eigenvalue weighted by molar-refractivity contribution is 7.07. The van der Waals surface area contributed by atoms with Crippen molar-refractivity contribution in [3.8, 4) is 0 Å². The van der Waals surface area contributed by atoms with Gasteiger partial charge in [-0.3, -0.25) is 4.79 Å². The highest BCUT2D eigenvalue weighted by Gasteiger charge is 2.33. The van der Waals surface area contributed by atoms with Crippen LogP contribution in [0.2, 0.25) is 0 Å². The van der Waals surface area contributed by atoms with Crippen LogP contribution in [0, 0.1) is 5.92 Å². The second-order valence-corrected chi connectivity index (χ2v) is 5.31. The van der Waals surface area contributed by atoms with E-state index < -0.39 is 12.2 Å². The van der Waals surface area contributed by atoms with Crippen molar-refractivity contribution < 1.29 is 15.0 Å². The van der Waals surface area contributed by atoms with Gasteiger partial charge in [-0.15, -0.1) is 0 Å².